The molecule has 1 amide bonds. The van der Waals surface area contributed by atoms with E-state index >= 15 is 0 Å². The van der Waals surface area contributed by atoms with E-state index in [1.54, 1.807) is 12.1 Å². The van der Waals surface area contributed by atoms with Gasteiger partial charge in [0.1, 0.15) is 5.82 Å². The molecule has 22 heavy (non-hydrogen) atoms. The average Bonchev–Trinajstić information content (AvgIpc) is 2.47. The molecule has 1 saturated heterocycles. The van der Waals surface area contributed by atoms with E-state index in [9.17, 15) is 17.6 Å². The lowest BCUT2D eigenvalue weighted by Gasteiger charge is -2.30. The number of benzene rings is 1. The van der Waals surface area contributed by atoms with Gasteiger partial charge < -0.3 is 5.32 Å². The van der Waals surface area contributed by atoms with E-state index in [-0.39, 0.29) is 30.2 Å². The number of halogens is 1. The summed E-state index contributed by atoms with van der Waals surface area (Å²) >= 11 is 0. The average molecular weight is 328 g/mol. The van der Waals surface area contributed by atoms with Crippen LogP contribution in [-0.4, -0.2) is 38.0 Å². The first-order valence-electron chi connectivity index (χ1n) is 7.28. The van der Waals surface area contributed by atoms with Gasteiger partial charge in [0.25, 0.3) is 0 Å². The second-order valence-electron chi connectivity index (χ2n) is 5.74. The third-order valence-electron chi connectivity index (χ3n) is 3.95. The van der Waals surface area contributed by atoms with Crippen LogP contribution in [0, 0.1) is 11.7 Å². The van der Waals surface area contributed by atoms with Gasteiger partial charge in [-0.05, 0) is 37.5 Å². The quantitative estimate of drug-likeness (QED) is 0.914. The Labute approximate surface area is 130 Å². The van der Waals surface area contributed by atoms with Crippen LogP contribution in [0.15, 0.2) is 24.3 Å². The number of carbonyl (C=O) groups is 1. The number of sulfonamides is 1. The molecule has 122 valence electrons. The molecule has 7 heteroatoms. The molecule has 0 saturated carbocycles. The largest absolute Gasteiger partial charge is 0.349 e. The number of amides is 1. The first kappa shape index (κ1) is 16.9. The summed E-state index contributed by atoms with van der Waals surface area (Å²) < 4.78 is 37.4. The van der Waals surface area contributed by atoms with Gasteiger partial charge in [-0.25, -0.2) is 17.1 Å². The molecule has 2 rings (SSSR count). The fraction of sp³-hybridized carbons (Fsp3) is 0.533. The molecule has 0 bridgehead atoms. The molecule has 0 aromatic heterocycles. The highest BCUT2D eigenvalue weighted by Crippen LogP contribution is 2.20. The molecule has 0 aliphatic carbocycles. The monoisotopic (exact) mass is 328 g/mol. The zero-order valence-electron chi connectivity index (χ0n) is 12.8. The molecule has 0 spiro atoms. The number of nitrogens with one attached hydrogen (secondary N) is 1. The van der Waals surface area contributed by atoms with Gasteiger partial charge in [0.15, 0.2) is 0 Å². The topological polar surface area (TPSA) is 66.5 Å². The van der Waals surface area contributed by atoms with Crippen LogP contribution >= 0.6 is 0 Å². The predicted octanol–water partition coefficient (Wildman–Crippen LogP) is 1.67. The second kappa shape index (κ2) is 6.75. The van der Waals surface area contributed by atoms with Crippen molar-refractivity contribution in [2.45, 2.75) is 25.8 Å². The summed E-state index contributed by atoms with van der Waals surface area (Å²) in [6.07, 6.45) is 2.51. The van der Waals surface area contributed by atoms with E-state index in [0.717, 1.165) is 11.8 Å². The maximum absolute atomic E-state index is 12.9. The molecule has 0 unspecified atom stereocenters. The fourth-order valence-corrected chi connectivity index (χ4v) is 3.54. The Morgan fingerprint density at radius 1 is 1.36 bits per heavy atom. The number of hydrogen-bond acceptors (Lipinski definition) is 3. The van der Waals surface area contributed by atoms with Crippen molar-refractivity contribution in [3.63, 3.8) is 0 Å². The lowest BCUT2D eigenvalue weighted by molar-refractivity contribution is -0.126. The van der Waals surface area contributed by atoms with Crippen molar-refractivity contribution in [1.29, 1.82) is 0 Å². The molecule has 0 radical (unpaired) electrons. The maximum atomic E-state index is 12.9. The molecule has 5 nitrogen and oxygen atoms in total. The standard InChI is InChI=1S/C15H21FN2O3S/c1-11(12-5-7-14(16)8-6-12)17-15(19)13-4-3-9-18(10-13)22(2,20)21/h5-8,11,13H,3-4,9-10H2,1-2H3,(H,17,19)/t11-,13+/m1/s1. The van der Waals surface area contributed by atoms with E-state index in [1.807, 2.05) is 6.92 Å². The van der Waals surface area contributed by atoms with Gasteiger partial charge in [0.05, 0.1) is 18.2 Å². The number of carbonyl (C=O) groups excluding carboxylic acids is 1. The SMILES string of the molecule is C[C@@H](NC(=O)[C@H]1CCCN(S(C)(=O)=O)C1)c1ccc(F)cc1. The lowest BCUT2D eigenvalue weighted by Crippen LogP contribution is -2.45. The van der Waals surface area contributed by atoms with Crippen molar-refractivity contribution in [3.05, 3.63) is 35.6 Å². The minimum absolute atomic E-state index is 0.162. The second-order valence-corrected chi connectivity index (χ2v) is 7.72. The molecule has 1 aliphatic rings. The Morgan fingerprint density at radius 2 is 2.00 bits per heavy atom. The molecule has 1 aromatic rings. The van der Waals surface area contributed by atoms with Crippen molar-refractivity contribution < 1.29 is 17.6 Å². The summed E-state index contributed by atoms with van der Waals surface area (Å²) in [5.74, 6) is -0.824. The number of piperidine rings is 1. The van der Waals surface area contributed by atoms with Crippen molar-refractivity contribution in [3.8, 4) is 0 Å². The Hall–Kier alpha value is -1.47. The molecule has 1 aromatic carbocycles. The highest BCUT2D eigenvalue weighted by molar-refractivity contribution is 7.88. The van der Waals surface area contributed by atoms with Crippen LogP contribution in [0.2, 0.25) is 0 Å². The van der Waals surface area contributed by atoms with E-state index in [2.05, 4.69) is 5.32 Å². The molecular formula is C15H21FN2O3S. The highest BCUT2D eigenvalue weighted by Gasteiger charge is 2.30. The number of nitrogens with zero attached hydrogens (tertiary/aromatic N) is 1. The van der Waals surface area contributed by atoms with Gasteiger partial charge in [0, 0.05) is 13.1 Å². The van der Waals surface area contributed by atoms with E-state index in [1.165, 1.54) is 16.4 Å². The van der Waals surface area contributed by atoms with Gasteiger partial charge in [0.2, 0.25) is 15.9 Å². The van der Waals surface area contributed by atoms with Crippen molar-refractivity contribution in [1.82, 2.24) is 9.62 Å². The van der Waals surface area contributed by atoms with Crippen molar-refractivity contribution in [2.24, 2.45) is 5.92 Å². The first-order valence-corrected chi connectivity index (χ1v) is 9.13. The van der Waals surface area contributed by atoms with Crippen LogP contribution in [-0.2, 0) is 14.8 Å². The van der Waals surface area contributed by atoms with Crippen molar-refractivity contribution >= 4 is 15.9 Å². The fourth-order valence-electron chi connectivity index (χ4n) is 2.62. The highest BCUT2D eigenvalue weighted by atomic mass is 32.2. The Kier molecular flexibility index (Phi) is 5.18. The van der Waals surface area contributed by atoms with Crippen molar-refractivity contribution in [2.75, 3.05) is 19.3 Å². The van der Waals surface area contributed by atoms with Crippen LogP contribution in [0.25, 0.3) is 0 Å². The van der Waals surface area contributed by atoms with E-state index in [4.69, 9.17) is 0 Å². The summed E-state index contributed by atoms with van der Waals surface area (Å²) in [6.45, 7) is 2.51. The van der Waals surface area contributed by atoms with E-state index < -0.39 is 10.0 Å². The molecule has 2 atom stereocenters. The van der Waals surface area contributed by atoms with Gasteiger partial charge >= 0.3 is 0 Å². The van der Waals surface area contributed by atoms with Gasteiger partial charge in [-0.15, -0.1) is 0 Å². The van der Waals surface area contributed by atoms with Gasteiger partial charge in [-0.1, -0.05) is 12.1 Å². The first-order chi connectivity index (χ1) is 10.3. The van der Waals surface area contributed by atoms with E-state index in [0.29, 0.717) is 19.4 Å². The summed E-state index contributed by atoms with van der Waals surface area (Å²) in [6, 6.07) is 5.71. The van der Waals surface area contributed by atoms with Crippen LogP contribution in [0.1, 0.15) is 31.4 Å². The summed E-state index contributed by atoms with van der Waals surface area (Å²) in [4.78, 5) is 12.3. The molecule has 1 heterocycles. The van der Waals surface area contributed by atoms with Crippen LogP contribution in [0.5, 0.6) is 0 Å². The Balaban J connectivity index is 1.98. The minimum atomic E-state index is -3.27. The third-order valence-corrected chi connectivity index (χ3v) is 5.22. The molecule has 1 fully saturated rings. The van der Waals surface area contributed by atoms with Crippen LogP contribution < -0.4 is 5.32 Å². The number of hydrogen-bond donors (Lipinski definition) is 1. The zero-order chi connectivity index (χ0) is 16.3. The summed E-state index contributed by atoms with van der Waals surface area (Å²) in [5.41, 5.74) is 0.811. The Bertz CT molecular complexity index is 631. The molecule has 1 aliphatic heterocycles. The third kappa shape index (κ3) is 4.27. The minimum Gasteiger partial charge on any atom is -0.349 e. The summed E-state index contributed by atoms with van der Waals surface area (Å²) in [5, 5.41) is 2.87. The van der Waals surface area contributed by atoms with Crippen LogP contribution in [0.3, 0.4) is 0 Å². The lowest BCUT2D eigenvalue weighted by atomic mass is 9.98. The van der Waals surface area contributed by atoms with Gasteiger partial charge in [-0.2, -0.15) is 0 Å². The predicted molar refractivity (Wildman–Crippen MR) is 82.1 cm³/mol. The maximum Gasteiger partial charge on any atom is 0.224 e. The van der Waals surface area contributed by atoms with Gasteiger partial charge in [-0.3, -0.25) is 4.79 Å². The molecule has 1 N–H and O–H groups in total. The zero-order valence-corrected chi connectivity index (χ0v) is 13.6. The number of rotatable bonds is 4. The Morgan fingerprint density at radius 3 is 2.59 bits per heavy atom. The summed E-state index contributed by atoms with van der Waals surface area (Å²) in [7, 11) is -3.27. The smallest absolute Gasteiger partial charge is 0.224 e. The normalized spacial score (nSPS) is 21.3. The van der Waals surface area contributed by atoms with Crippen LogP contribution in [0.4, 0.5) is 4.39 Å². The molecular weight excluding hydrogens is 307 g/mol.